The lowest BCUT2D eigenvalue weighted by molar-refractivity contribution is -0.113. The number of hydrogen-bond acceptors (Lipinski definition) is 5. The van der Waals surface area contributed by atoms with Crippen LogP contribution in [0.4, 0.5) is 10.1 Å². The molecule has 2 aromatic carbocycles. The van der Waals surface area contributed by atoms with Gasteiger partial charge in [-0.05, 0) is 47.8 Å². The number of aromatic nitrogens is 2. The summed E-state index contributed by atoms with van der Waals surface area (Å²) in [4.78, 5) is 30.0. The van der Waals surface area contributed by atoms with E-state index >= 15 is 0 Å². The minimum absolute atomic E-state index is 0.0314. The highest BCUT2D eigenvalue weighted by Gasteiger charge is 2.16. The Labute approximate surface area is 188 Å². The van der Waals surface area contributed by atoms with Crippen LogP contribution in [0.15, 0.2) is 63.9 Å². The van der Waals surface area contributed by atoms with Crippen LogP contribution < -0.4 is 10.9 Å². The second-order valence-electron chi connectivity index (χ2n) is 6.11. The number of benzene rings is 2. The third-order valence-corrected chi connectivity index (χ3v) is 6.43. The first kappa shape index (κ1) is 20.9. The first-order valence-electron chi connectivity index (χ1n) is 8.56. The number of thiophene rings is 1. The van der Waals surface area contributed by atoms with Gasteiger partial charge in [-0.2, -0.15) is 0 Å². The molecule has 0 bridgehead atoms. The summed E-state index contributed by atoms with van der Waals surface area (Å²) in [7, 11) is 0. The lowest BCUT2D eigenvalue weighted by Crippen LogP contribution is -2.22. The first-order chi connectivity index (χ1) is 14.4. The van der Waals surface area contributed by atoms with Gasteiger partial charge in [0.05, 0.1) is 27.7 Å². The molecule has 5 nitrogen and oxygen atoms in total. The van der Waals surface area contributed by atoms with Gasteiger partial charge in [-0.1, -0.05) is 41.0 Å². The van der Waals surface area contributed by atoms with Gasteiger partial charge in [0.15, 0.2) is 5.16 Å². The fraction of sp³-hybridized carbons (Fsp3) is 0.0500. The van der Waals surface area contributed by atoms with Gasteiger partial charge < -0.3 is 5.32 Å². The molecule has 0 aliphatic rings. The van der Waals surface area contributed by atoms with Crippen LogP contribution in [0.5, 0.6) is 0 Å². The Balaban J connectivity index is 1.64. The number of nitrogens with zero attached hydrogens (tertiary/aromatic N) is 2. The van der Waals surface area contributed by atoms with Gasteiger partial charge in [-0.25, -0.2) is 9.37 Å². The molecule has 0 spiro atoms. The molecule has 0 unspecified atom stereocenters. The van der Waals surface area contributed by atoms with E-state index in [0.29, 0.717) is 31.8 Å². The summed E-state index contributed by atoms with van der Waals surface area (Å²) >= 11 is 14.5. The van der Waals surface area contributed by atoms with Gasteiger partial charge in [0.1, 0.15) is 10.5 Å². The molecular weight excluding hydrogens is 468 g/mol. The van der Waals surface area contributed by atoms with Crippen LogP contribution in [0.1, 0.15) is 0 Å². The maximum absolute atomic E-state index is 13.2. The van der Waals surface area contributed by atoms with Crippen LogP contribution in [-0.4, -0.2) is 21.2 Å². The van der Waals surface area contributed by atoms with Crippen LogP contribution in [0, 0.1) is 5.82 Å². The number of carbonyl (C=O) groups excluding carboxylic acids is 1. The van der Waals surface area contributed by atoms with E-state index in [0.717, 1.165) is 17.8 Å². The molecule has 1 amide bonds. The predicted molar refractivity (Wildman–Crippen MR) is 121 cm³/mol. The predicted octanol–water partition coefficient (Wildman–Crippen LogP) is 5.62. The third-order valence-electron chi connectivity index (χ3n) is 4.05. The number of halogens is 3. The average Bonchev–Trinajstić information content (AvgIpc) is 3.17. The fourth-order valence-electron chi connectivity index (χ4n) is 2.74. The monoisotopic (exact) mass is 479 g/mol. The number of rotatable bonds is 5. The van der Waals surface area contributed by atoms with Crippen molar-refractivity contribution in [3.8, 4) is 5.69 Å². The van der Waals surface area contributed by atoms with E-state index in [1.165, 1.54) is 28.0 Å². The average molecular weight is 480 g/mol. The van der Waals surface area contributed by atoms with Crippen molar-refractivity contribution < 1.29 is 9.18 Å². The van der Waals surface area contributed by atoms with E-state index < -0.39 is 5.82 Å². The van der Waals surface area contributed by atoms with Crippen LogP contribution >= 0.6 is 46.3 Å². The van der Waals surface area contributed by atoms with Crippen LogP contribution in [0.3, 0.4) is 0 Å². The molecular formula is C20H12Cl2FN3O2S2. The van der Waals surface area contributed by atoms with Crippen molar-refractivity contribution in [1.82, 2.24) is 9.55 Å². The van der Waals surface area contributed by atoms with E-state index in [1.807, 2.05) is 0 Å². The number of nitrogens with one attached hydrogen (secondary N) is 1. The highest BCUT2D eigenvalue weighted by Crippen LogP contribution is 2.26. The van der Waals surface area contributed by atoms with Crippen molar-refractivity contribution in [2.75, 3.05) is 11.1 Å². The maximum Gasteiger partial charge on any atom is 0.276 e. The minimum Gasteiger partial charge on any atom is -0.324 e. The molecule has 10 heteroatoms. The van der Waals surface area contributed by atoms with Gasteiger partial charge in [0, 0.05) is 5.02 Å². The summed E-state index contributed by atoms with van der Waals surface area (Å²) in [5, 5.41) is 5.35. The molecule has 0 radical (unpaired) electrons. The van der Waals surface area contributed by atoms with Crippen LogP contribution in [-0.2, 0) is 4.79 Å². The second-order valence-corrected chi connectivity index (χ2v) is 8.81. The van der Waals surface area contributed by atoms with Crippen molar-refractivity contribution in [3.05, 3.63) is 80.1 Å². The summed E-state index contributed by atoms with van der Waals surface area (Å²) < 4.78 is 15.1. The minimum atomic E-state index is -0.494. The zero-order valence-corrected chi connectivity index (χ0v) is 18.2. The molecule has 2 aromatic heterocycles. The van der Waals surface area contributed by atoms with Crippen molar-refractivity contribution in [2.24, 2.45) is 0 Å². The summed E-state index contributed by atoms with van der Waals surface area (Å²) in [6.45, 7) is 0. The molecule has 4 rings (SSSR count). The largest absolute Gasteiger partial charge is 0.324 e. The van der Waals surface area contributed by atoms with Crippen molar-refractivity contribution in [3.63, 3.8) is 0 Å². The second kappa shape index (κ2) is 8.77. The molecule has 0 saturated heterocycles. The summed E-state index contributed by atoms with van der Waals surface area (Å²) in [6.07, 6.45) is 0. The number of anilines is 1. The highest BCUT2D eigenvalue weighted by molar-refractivity contribution is 7.99. The van der Waals surface area contributed by atoms with E-state index in [-0.39, 0.29) is 22.2 Å². The lowest BCUT2D eigenvalue weighted by Gasteiger charge is -2.12. The maximum atomic E-state index is 13.2. The molecule has 0 saturated carbocycles. The number of hydrogen-bond donors (Lipinski definition) is 1. The smallest absolute Gasteiger partial charge is 0.276 e. The van der Waals surface area contributed by atoms with E-state index in [1.54, 1.807) is 35.7 Å². The van der Waals surface area contributed by atoms with Gasteiger partial charge in [-0.3, -0.25) is 14.2 Å². The normalized spacial score (nSPS) is 11.0. The van der Waals surface area contributed by atoms with Gasteiger partial charge >= 0.3 is 0 Å². The quantitative estimate of drug-likeness (QED) is 0.297. The Hall–Kier alpha value is -2.39. The molecule has 30 heavy (non-hydrogen) atoms. The fourth-order valence-corrected chi connectivity index (χ4v) is 4.71. The number of fused-ring (bicyclic) bond motifs is 1. The molecule has 152 valence electrons. The Morgan fingerprint density at radius 3 is 2.80 bits per heavy atom. The third kappa shape index (κ3) is 4.37. The summed E-state index contributed by atoms with van der Waals surface area (Å²) in [5.41, 5.74) is 1.19. The number of carbonyl (C=O) groups is 1. The molecule has 4 aromatic rings. The van der Waals surface area contributed by atoms with Crippen LogP contribution in [0.2, 0.25) is 10.0 Å². The Morgan fingerprint density at radius 2 is 2.03 bits per heavy atom. The first-order valence-corrected chi connectivity index (χ1v) is 11.2. The van der Waals surface area contributed by atoms with E-state index in [4.69, 9.17) is 23.2 Å². The lowest BCUT2D eigenvalue weighted by atomic mass is 10.3. The highest BCUT2D eigenvalue weighted by atomic mass is 35.5. The zero-order valence-electron chi connectivity index (χ0n) is 15.1. The standard InChI is InChI=1S/C20H12Cl2FN3O2S2/c21-11-2-1-3-13(8-11)26-19(28)18-16(6-7-29-18)25-20(26)30-10-17(27)24-15-5-4-12(23)9-14(15)22/h1-9H,10H2,(H,24,27). The van der Waals surface area contributed by atoms with Crippen molar-refractivity contribution in [2.45, 2.75) is 5.16 Å². The van der Waals surface area contributed by atoms with E-state index in [9.17, 15) is 14.0 Å². The Kier molecular flexibility index (Phi) is 6.10. The SMILES string of the molecule is O=C(CSc1nc2ccsc2c(=O)n1-c1cccc(Cl)c1)Nc1ccc(F)cc1Cl. The van der Waals surface area contributed by atoms with Gasteiger partial charge in [0.2, 0.25) is 5.91 Å². The van der Waals surface area contributed by atoms with E-state index in [2.05, 4.69) is 10.3 Å². The molecule has 2 heterocycles. The topological polar surface area (TPSA) is 64.0 Å². The number of amides is 1. The molecule has 0 aliphatic heterocycles. The Morgan fingerprint density at radius 1 is 1.20 bits per heavy atom. The molecule has 0 aliphatic carbocycles. The Bertz CT molecular complexity index is 1320. The molecule has 0 atom stereocenters. The van der Waals surface area contributed by atoms with Crippen molar-refractivity contribution in [1.29, 1.82) is 0 Å². The van der Waals surface area contributed by atoms with Gasteiger partial charge in [-0.15, -0.1) is 11.3 Å². The summed E-state index contributed by atoms with van der Waals surface area (Å²) in [6, 6.07) is 12.3. The zero-order chi connectivity index (χ0) is 21.3. The number of thioether (sulfide) groups is 1. The molecule has 0 fully saturated rings. The summed E-state index contributed by atoms with van der Waals surface area (Å²) in [5.74, 6) is -0.895. The molecule has 1 N–H and O–H groups in total. The van der Waals surface area contributed by atoms with Crippen LogP contribution in [0.25, 0.3) is 15.9 Å². The van der Waals surface area contributed by atoms with Gasteiger partial charge in [0.25, 0.3) is 5.56 Å². The van der Waals surface area contributed by atoms with Crippen molar-refractivity contribution >= 4 is 68.1 Å².